The molecule has 0 saturated carbocycles. The molecule has 3 aromatic rings. The van der Waals surface area contributed by atoms with Crippen molar-refractivity contribution in [3.8, 4) is 17.1 Å². The van der Waals surface area contributed by atoms with Crippen LogP contribution in [0.5, 0.6) is 5.75 Å². The first-order valence-corrected chi connectivity index (χ1v) is 9.73. The van der Waals surface area contributed by atoms with Gasteiger partial charge in [0.15, 0.2) is 11.6 Å². The Labute approximate surface area is 178 Å². The number of aromatic amines is 1. The van der Waals surface area contributed by atoms with Crippen LogP contribution in [0.1, 0.15) is 7.12 Å². The van der Waals surface area contributed by atoms with Gasteiger partial charge < -0.3 is 19.9 Å². The highest BCUT2D eigenvalue weighted by Crippen LogP contribution is 2.29. The Hall–Kier alpha value is -3.34. The van der Waals surface area contributed by atoms with Crippen molar-refractivity contribution in [2.24, 2.45) is 0 Å². The number of anilines is 3. The van der Waals surface area contributed by atoms with Crippen LogP contribution in [0.2, 0.25) is 0 Å². The number of alkyl halides is 3. The lowest BCUT2D eigenvalue weighted by Gasteiger charge is -2.33. The van der Waals surface area contributed by atoms with Crippen molar-refractivity contribution >= 4 is 17.5 Å². The van der Waals surface area contributed by atoms with Crippen LogP contribution in [0.4, 0.5) is 30.6 Å². The number of likely N-dealkylation sites (N-methyl/N-ethyl adjacent to an activating group) is 1. The highest BCUT2D eigenvalue weighted by molar-refractivity contribution is 5.65. The van der Waals surface area contributed by atoms with Crippen LogP contribution in [-0.2, 0) is 0 Å². The van der Waals surface area contributed by atoms with Gasteiger partial charge >= 0.3 is 6.36 Å². The number of halogens is 3. The molecule has 3 heterocycles. The Bertz CT molecular complexity index is 1050. The molecule has 2 aromatic heterocycles. The molecule has 0 radical (unpaired) electrons. The van der Waals surface area contributed by atoms with Gasteiger partial charge in [-0.3, -0.25) is 5.10 Å². The maximum Gasteiger partial charge on any atom is 0.573 e. The molecule has 0 bridgehead atoms. The largest absolute Gasteiger partial charge is 0.573 e. The Kier molecular flexibility index (Phi) is 5.68. The minimum Gasteiger partial charge on any atom is -0.406 e. The Morgan fingerprint density at radius 1 is 1.06 bits per heavy atom. The number of benzene rings is 1. The second-order valence-corrected chi connectivity index (χ2v) is 7.36. The fourth-order valence-electron chi connectivity index (χ4n) is 3.27. The number of rotatable bonds is 5. The number of ether oxygens (including phenoxy) is 1. The van der Waals surface area contributed by atoms with E-state index in [-0.39, 0.29) is 7.18 Å². The normalized spacial score (nSPS) is 15.2. The lowest BCUT2D eigenvalue weighted by Crippen LogP contribution is -2.44. The van der Waals surface area contributed by atoms with Gasteiger partial charge in [-0.1, -0.05) is 12.1 Å². The van der Waals surface area contributed by atoms with E-state index in [0.29, 0.717) is 28.8 Å². The summed E-state index contributed by atoms with van der Waals surface area (Å²) in [6.07, 6.45) is -4.77. The van der Waals surface area contributed by atoms with Crippen molar-refractivity contribution < 1.29 is 19.3 Å². The number of piperazine rings is 1. The third-order valence-corrected chi connectivity index (χ3v) is 4.83. The molecule has 1 aliphatic heterocycles. The van der Waals surface area contributed by atoms with Gasteiger partial charge in [-0.05, 0) is 26.1 Å². The van der Waals surface area contributed by atoms with Crippen molar-refractivity contribution in [2.45, 2.75) is 13.3 Å². The molecule has 1 fully saturated rings. The van der Waals surface area contributed by atoms with E-state index in [1.807, 2.05) is 19.1 Å². The standard InChI is InChI=1S/C20H22F3N7O.H2/c1-13-10-17(28-27-13)24-16-12-18(30-8-6-29(2)7-9-30)26-19(25-16)14-4-3-5-15(11-14)31-20(21,22)23;/h3-5,10-12H,6-9H2,1-2H3,(H2,24,25,26,27,28);1H. The summed E-state index contributed by atoms with van der Waals surface area (Å²) < 4.78 is 42.0. The number of aromatic nitrogens is 4. The summed E-state index contributed by atoms with van der Waals surface area (Å²) in [4.78, 5) is 13.5. The molecular weight excluding hydrogens is 411 g/mol. The van der Waals surface area contributed by atoms with Crippen LogP contribution in [-0.4, -0.2) is 64.7 Å². The van der Waals surface area contributed by atoms with E-state index >= 15 is 0 Å². The fraction of sp³-hybridized carbons (Fsp3) is 0.350. The van der Waals surface area contributed by atoms with Crippen LogP contribution in [0.3, 0.4) is 0 Å². The van der Waals surface area contributed by atoms with E-state index in [9.17, 15) is 13.2 Å². The van der Waals surface area contributed by atoms with E-state index in [4.69, 9.17) is 0 Å². The number of aryl methyl sites for hydroxylation is 1. The highest BCUT2D eigenvalue weighted by Gasteiger charge is 2.31. The Balaban J connectivity index is 0.00000289. The van der Waals surface area contributed by atoms with E-state index in [0.717, 1.165) is 31.9 Å². The smallest absolute Gasteiger partial charge is 0.406 e. The molecule has 1 saturated heterocycles. The Morgan fingerprint density at radius 3 is 2.52 bits per heavy atom. The topological polar surface area (TPSA) is 82.2 Å². The summed E-state index contributed by atoms with van der Waals surface area (Å²) in [5.41, 5.74) is 1.30. The SMILES string of the molecule is Cc1cc(Nc2cc(N3CCN(C)CC3)nc(-c3cccc(OC(F)(F)F)c3)n2)n[nH]1.[HH]. The molecule has 166 valence electrons. The second kappa shape index (κ2) is 8.42. The predicted octanol–water partition coefficient (Wildman–Crippen LogP) is 3.82. The number of H-pyrrole nitrogens is 1. The van der Waals surface area contributed by atoms with Gasteiger partial charge in [0.25, 0.3) is 0 Å². The molecular formula is C20H24F3N7O. The van der Waals surface area contributed by atoms with Crippen molar-refractivity contribution in [3.05, 3.63) is 42.1 Å². The van der Waals surface area contributed by atoms with Crippen LogP contribution >= 0.6 is 0 Å². The average molecular weight is 435 g/mol. The highest BCUT2D eigenvalue weighted by atomic mass is 19.4. The summed E-state index contributed by atoms with van der Waals surface area (Å²) in [5.74, 6) is 1.73. The first-order valence-electron chi connectivity index (χ1n) is 9.73. The minimum absolute atomic E-state index is 0. The molecule has 1 aliphatic rings. The summed E-state index contributed by atoms with van der Waals surface area (Å²) in [6, 6.07) is 9.29. The molecule has 0 atom stereocenters. The molecule has 0 amide bonds. The maximum absolute atomic E-state index is 12.6. The van der Waals surface area contributed by atoms with Gasteiger partial charge in [0.1, 0.15) is 17.4 Å². The van der Waals surface area contributed by atoms with Gasteiger partial charge in [0.2, 0.25) is 0 Å². The average Bonchev–Trinajstić information content (AvgIpc) is 3.12. The molecule has 0 unspecified atom stereocenters. The predicted molar refractivity (Wildman–Crippen MR) is 113 cm³/mol. The van der Waals surface area contributed by atoms with Gasteiger partial charge in [-0.2, -0.15) is 5.10 Å². The third-order valence-electron chi connectivity index (χ3n) is 4.83. The number of nitrogens with one attached hydrogen (secondary N) is 2. The number of hydrogen-bond donors (Lipinski definition) is 2. The van der Waals surface area contributed by atoms with E-state index in [1.165, 1.54) is 18.2 Å². The summed E-state index contributed by atoms with van der Waals surface area (Å²) >= 11 is 0. The first kappa shape index (κ1) is 20.9. The Morgan fingerprint density at radius 2 is 1.84 bits per heavy atom. The zero-order valence-corrected chi connectivity index (χ0v) is 17.1. The molecule has 2 N–H and O–H groups in total. The maximum atomic E-state index is 12.6. The first-order chi connectivity index (χ1) is 14.7. The van der Waals surface area contributed by atoms with E-state index in [1.54, 1.807) is 6.07 Å². The number of hydrogen-bond acceptors (Lipinski definition) is 7. The van der Waals surface area contributed by atoms with Crippen molar-refractivity contribution in [3.63, 3.8) is 0 Å². The molecule has 11 heteroatoms. The minimum atomic E-state index is -4.77. The molecule has 4 rings (SSSR count). The van der Waals surface area contributed by atoms with Crippen LogP contribution in [0.15, 0.2) is 36.4 Å². The fourth-order valence-corrected chi connectivity index (χ4v) is 3.27. The van der Waals surface area contributed by atoms with Crippen molar-refractivity contribution in [1.82, 2.24) is 25.1 Å². The zero-order chi connectivity index (χ0) is 22.0. The molecule has 8 nitrogen and oxygen atoms in total. The van der Waals surface area contributed by atoms with Crippen molar-refractivity contribution in [2.75, 3.05) is 43.4 Å². The second-order valence-electron chi connectivity index (χ2n) is 7.36. The summed E-state index contributed by atoms with van der Waals surface area (Å²) in [7, 11) is 2.06. The quantitative estimate of drug-likeness (QED) is 0.631. The molecule has 0 spiro atoms. The van der Waals surface area contributed by atoms with E-state index < -0.39 is 6.36 Å². The van der Waals surface area contributed by atoms with Gasteiger partial charge in [0.05, 0.1) is 0 Å². The third kappa shape index (κ3) is 5.43. The van der Waals surface area contributed by atoms with Crippen LogP contribution in [0.25, 0.3) is 11.4 Å². The lowest BCUT2D eigenvalue weighted by molar-refractivity contribution is -0.274. The van der Waals surface area contributed by atoms with E-state index in [2.05, 4.69) is 47.1 Å². The van der Waals surface area contributed by atoms with Crippen LogP contribution < -0.4 is 15.0 Å². The summed E-state index contributed by atoms with van der Waals surface area (Å²) in [6.45, 7) is 5.22. The molecule has 31 heavy (non-hydrogen) atoms. The molecule has 0 aliphatic carbocycles. The lowest BCUT2D eigenvalue weighted by atomic mass is 10.2. The number of nitrogens with zero attached hydrogens (tertiary/aromatic N) is 5. The zero-order valence-electron chi connectivity index (χ0n) is 17.1. The van der Waals surface area contributed by atoms with Gasteiger partial charge in [-0.25, -0.2) is 9.97 Å². The monoisotopic (exact) mass is 435 g/mol. The summed E-state index contributed by atoms with van der Waals surface area (Å²) in [5, 5.41) is 10.1. The van der Waals surface area contributed by atoms with Gasteiger partial charge in [-0.15, -0.1) is 13.2 Å². The van der Waals surface area contributed by atoms with Crippen molar-refractivity contribution in [1.29, 1.82) is 0 Å². The van der Waals surface area contributed by atoms with Gasteiger partial charge in [0, 0.05) is 51.0 Å². The molecule has 1 aromatic carbocycles. The van der Waals surface area contributed by atoms with Crippen LogP contribution in [0, 0.1) is 6.92 Å².